The SMILES string of the molecule is N#C/C(C(=O)Nc1ccccc1F)=C1\S[C@@H](Cc2ccc(F)cc2)C(=O)N1c1ccccc1. The van der Waals surface area contributed by atoms with E-state index in [9.17, 15) is 23.6 Å². The Kier molecular flexibility index (Phi) is 6.52. The number of benzene rings is 3. The summed E-state index contributed by atoms with van der Waals surface area (Å²) in [6.07, 6.45) is 0.282. The fraction of sp³-hybridized carbons (Fsp3) is 0.0800. The normalized spacial score (nSPS) is 16.9. The number of thioether (sulfide) groups is 1. The minimum atomic E-state index is -0.818. The average molecular weight is 461 g/mol. The van der Waals surface area contributed by atoms with Crippen LogP contribution >= 0.6 is 11.8 Å². The lowest BCUT2D eigenvalue weighted by Gasteiger charge is -2.18. The summed E-state index contributed by atoms with van der Waals surface area (Å²) in [5.41, 5.74) is 0.866. The van der Waals surface area contributed by atoms with Crippen LogP contribution in [0.1, 0.15) is 5.56 Å². The van der Waals surface area contributed by atoms with E-state index < -0.39 is 17.0 Å². The van der Waals surface area contributed by atoms with E-state index in [0.29, 0.717) is 5.69 Å². The number of hydrogen-bond donors (Lipinski definition) is 1. The van der Waals surface area contributed by atoms with E-state index in [1.54, 1.807) is 48.5 Å². The first-order valence-corrected chi connectivity index (χ1v) is 10.9. The van der Waals surface area contributed by atoms with Crippen molar-refractivity contribution in [3.8, 4) is 6.07 Å². The van der Waals surface area contributed by atoms with Gasteiger partial charge in [0.05, 0.1) is 10.9 Å². The van der Waals surface area contributed by atoms with Crippen LogP contribution in [0.2, 0.25) is 0 Å². The predicted molar refractivity (Wildman–Crippen MR) is 123 cm³/mol. The number of halogens is 2. The number of amides is 2. The van der Waals surface area contributed by atoms with Crippen LogP contribution in [0, 0.1) is 23.0 Å². The molecule has 0 aromatic heterocycles. The minimum Gasteiger partial charge on any atom is -0.319 e. The van der Waals surface area contributed by atoms with Crippen LogP contribution in [-0.2, 0) is 16.0 Å². The van der Waals surface area contributed by atoms with Gasteiger partial charge >= 0.3 is 0 Å². The van der Waals surface area contributed by atoms with E-state index in [1.807, 2.05) is 6.07 Å². The monoisotopic (exact) mass is 461 g/mol. The van der Waals surface area contributed by atoms with Crippen LogP contribution in [0.4, 0.5) is 20.2 Å². The first-order chi connectivity index (χ1) is 16.0. The summed E-state index contributed by atoms with van der Waals surface area (Å²) in [7, 11) is 0. The Morgan fingerprint density at radius 1 is 1.00 bits per heavy atom. The van der Waals surface area contributed by atoms with Crippen LogP contribution in [0.25, 0.3) is 0 Å². The Labute approximate surface area is 193 Å². The number of rotatable bonds is 5. The molecule has 0 spiro atoms. The maximum absolute atomic E-state index is 14.0. The highest BCUT2D eigenvalue weighted by atomic mass is 32.2. The third-order valence-corrected chi connectivity index (χ3v) is 6.24. The molecule has 1 atom stereocenters. The minimum absolute atomic E-state index is 0.0701. The number of para-hydroxylation sites is 2. The molecule has 4 rings (SSSR count). The number of hydrogen-bond acceptors (Lipinski definition) is 4. The lowest BCUT2D eigenvalue weighted by atomic mass is 10.1. The topological polar surface area (TPSA) is 73.2 Å². The summed E-state index contributed by atoms with van der Waals surface area (Å²) < 4.78 is 27.3. The molecule has 0 unspecified atom stereocenters. The largest absolute Gasteiger partial charge is 0.319 e. The van der Waals surface area contributed by atoms with Gasteiger partial charge in [0.1, 0.15) is 28.3 Å². The molecule has 3 aromatic carbocycles. The van der Waals surface area contributed by atoms with Gasteiger partial charge in [-0.1, -0.05) is 54.2 Å². The van der Waals surface area contributed by atoms with Crippen LogP contribution in [-0.4, -0.2) is 17.1 Å². The molecule has 1 aliphatic heterocycles. The molecule has 0 aliphatic carbocycles. The maximum Gasteiger partial charge on any atom is 0.269 e. The van der Waals surface area contributed by atoms with Gasteiger partial charge in [-0.2, -0.15) is 5.26 Å². The molecule has 5 nitrogen and oxygen atoms in total. The molecule has 1 heterocycles. The second-order valence-corrected chi connectivity index (χ2v) is 8.36. The van der Waals surface area contributed by atoms with Crippen molar-refractivity contribution in [2.75, 3.05) is 10.2 Å². The van der Waals surface area contributed by atoms with Crippen molar-refractivity contribution < 1.29 is 18.4 Å². The number of nitrogens with one attached hydrogen (secondary N) is 1. The van der Waals surface area contributed by atoms with Gasteiger partial charge in [0, 0.05) is 5.69 Å². The Morgan fingerprint density at radius 2 is 1.67 bits per heavy atom. The van der Waals surface area contributed by atoms with Crippen molar-refractivity contribution in [2.45, 2.75) is 11.7 Å². The Morgan fingerprint density at radius 3 is 2.33 bits per heavy atom. The van der Waals surface area contributed by atoms with E-state index in [4.69, 9.17) is 0 Å². The third kappa shape index (κ3) is 4.78. The fourth-order valence-corrected chi connectivity index (χ4v) is 4.69. The summed E-state index contributed by atoms with van der Waals surface area (Å²) in [6, 6.07) is 22.0. The van der Waals surface area contributed by atoms with Crippen molar-refractivity contribution in [1.29, 1.82) is 5.26 Å². The fourth-order valence-electron chi connectivity index (χ4n) is 3.38. The molecule has 3 aromatic rings. The molecular weight excluding hydrogens is 444 g/mol. The van der Waals surface area contributed by atoms with E-state index >= 15 is 0 Å². The lowest BCUT2D eigenvalue weighted by Crippen LogP contribution is -2.30. The second-order valence-electron chi connectivity index (χ2n) is 7.17. The first-order valence-electron chi connectivity index (χ1n) is 9.98. The van der Waals surface area contributed by atoms with Gasteiger partial charge in [-0.05, 0) is 48.4 Å². The standard InChI is InChI=1S/C25H17F2N3O2S/c26-17-12-10-16(11-13-17)14-22-24(32)30(18-6-2-1-3-7-18)25(33-22)19(15-28)23(31)29-21-9-5-4-8-20(21)27/h1-13,22H,14H2,(H,29,31)/b25-19+/t22-/m0/s1. The van der Waals surface area contributed by atoms with Gasteiger partial charge in [-0.15, -0.1) is 0 Å². The van der Waals surface area contributed by atoms with Crippen LogP contribution in [0.15, 0.2) is 89.5 Å². The predicted octanol–water partition coefficient (Wildman–Crippen LogP) is 5.03. The molecule has 8 heteroatoms. The number of carbonyl (C=O) groups is 2. The van der Waals surface area contributed by atoms with Crippen molar-refractivity contribution in [3.05, 3.63) is 107 Å². The Bertz CT molecular complexity index is 1270. The third-order valence-electron chi connectivity index (χ3n) is 4.98. The summed E-state index contributed by atoms with van der Waals surface area (Å²) in [6.45, 7) is 0. The highest BCUT2D eigenvalue weighted by molar-refractivity contribution is 8.05. The summed E-state index contributed by atoms with van der Waals surface area (Å²) in [5, 5.41) is 11.7. The molecule has 1 N–H and O–H groups in total. The van der Waals surface area contributed by atoms with Gasteiger partial charge in [0.25, 0.3) is 5.91 Å². The van der Waals surface area contributed by atoms with Crippen molar-refractivity contribution in [3.63, 3.8) is 0 Å². The van der Waals surface area contributed by atoms with E-state index in [1.165, 1.54) is 35.2 Å². The van der Waals surface area contributed by atoms with Crippen LogP contribution < -0.4 is 10.2 Å². The van der Waals surface area contributed by atoms with E-state index in [2.05, 4.69) is 5.32 Å². The molecule has 1 aliphatic rings. The zero-order chi connectivity index (χ0) is 23.4. The van der Waals surface area contributed by atoms with Crippen LogP contribution in [0.5, 0.6) is 0 Å². The molecule has 0 bridgehead atoms. The van der Waals surface area contributed by atoms with Crippen molar-refractivity contribution in [1.82, 2.24) is 0 Å². The van der Waals surface area contributed by atoms with Gasteiger partial charge in [0.15, 0.2) is 0 Å². The second kappa shape index (κ2) is 9.67. The van der Waals surface area contributed by atoms with Gasteiger partial charge < -0.3 is 5.32 Å². The number of nitriles is 1. The number of nitrogens with zero attached hydrogens (tertiary/aromatic N) is 2. The average Bonchev–Trinajstić information content (AvgIpc) is 3.13. The smallest absolute Gasteiger partial charge is 0.269 e. The van der Waals surface area contributed by atoms with Crippen molar-refractivity contribution >= 4 is 35.0 Å². The number of carbonyl (C=O) groups excluding carboxylic acids is 2. The zero-order valence-corrected chi connectivity index (χ0v) is 18.0. The molecule has 164 valence electrons. The zero-order valence-electron chi connectivity index (χ0n) is 17.2. The van der Waals surface area contributed by atoms with Gasteiger partial charge in [-0.25, -0.2) is 8.78 Å². The maximum atomic E-state index is 14.0. The van der Waals surface area contributed by atoms with Crippen molar-refractivity contribution in [2.24, 2.45) is 0 Å². The van der Waals surface area contributed by atoms with Crippen LogP contribution in [0.3, 0.4) is 0 Å². The summed E-state index contributed by atoms with van der Waals surface area (Å²) in [4.78, 5) is 27.6. The summed E-state index contributed by atoms with van der Waals surface area (Å²) in [5.74, 6) is -2.15. The highest BCUT2D eigenvalue weighted by Crippen LogP contribution is 2.42. The first kappa shape index (κ1) is 22.2. The summed E-state index contributed by atoms with van der Waals surface area (Å²) >= 11 is 1.08. The number of anilines is 2. The lowest BCUT2D eigenvalue weighted by molar-refractivity contribution is -0.117. The quantitative estimate of drug-likeness (QED) is 0.427. The molecule has 1 fully saturated rings. The molecule has 0 radical (unpaired) electrons. The Balaban J connectivity index is 1.72. The molecule has 0 saturated carbocycles. The van der Waals surface area contributed by atoms with E-state index in [-0.39, 0.29) is 34.4 Å². The van der Waals surface area contributed by atoms with Gasteiger partial charge in [0.2, 0.25) is 5.91 Å². The van der Waals surface area contributed by atoms with Gasteiger partial charge in [-0.3, -0.25) is 14.5 Å². The molecular formula is C25H17F2N3O2S. The Hall–Kier alpha value is -3.96. The van der Waals surface area contributed by atoms with E-state index in [0.717, 1.165) is 17.3 Å². The molecule has 2 amide bonds. The molecule has 33 heavy (non-hydrogen) atoms. The molecule has 1 saturated heterocycles. The highest BCUT2D eigenvalue weighted by Gasteiger charge is 2.40.